The molecule has 126 valence electrons. The molecule has 0 aromatic heterocycles. The number of thioether (sulfide) groups is 1. The van der Waals surface area contributed by atoms with Crippen LogP contribution in [0, 0.1) is 6.92 Å². The fourth-order valence-electron chi connectivity index (χ4n) is 2.19. The zero-order chi connectivity index (χ0) is 18.0. The Morgan fingerprint density at radius 1 is 1.20 bits per heavy atom. The number of phenols is 1. The van der Waals surface area contributed by atoms with Crippen molar-refractivity contribution in [2.45, 2.75) is 6.92 Å². The second kappa shape index (κ2) is 6.82. The maximum atomic E-state index is 12.1. The van der Waals surface area contributed by atoms with E-state index in [4.69, 9.17) is 5.11 Å². The minimum atomic E-state index is -1.00. The summed E-state index contributed by atoms with van der Waals surface area (Å²) in [5.74, 6) is -1.26. The van der Waals surface area contributed by atoms with Gasteiger partial charge in [-0.05, 0) is 60.2 Å². The second-order valence-electron chi connectivity index (χ2n) is 5.40. The predicted molar refractivity (Wildman–Crippen MR) is 97.1 cm³/mol. The molecule has 7 heteroatoms. The Bertz CT molecular complexity index is 917. The van der Waals surface area contributed by atoms with Gasteiger partial charge in [0.05, 0.1) is 10.5 Å². The number of rotatable bonds is 3. The van der Waals surface area contributed by atoms with E-state index in [9.17, 15) is 14.7 Å². The van der Waals surface area contributed by atoms with Crippen molar-refractivity contribution in [3.05, 3.63) is 64.1 Å². The third-order valence-electron chi connectivity index (χ3n) is 3.46. The van der Waals surface area contributed by atoms with E-state index < -0.39 is 5.97 Å². The van der Waals surface area contributed by atoms with Crippen LogP contribution in [0.2, 0.25) is 0 Å². The third kappa shape index (κ3) is 3.89. The van der Waals surface area contributed by atoms with E-state index in [-0.39, 0.29) is 17.2 Å². The number of hydrogen-bond acceptors (Lipinski definition) is 5. The molecule has 1 aliphatic rings. The number of benzene rings is 2. The van der Waals surface area contributed by atoms with Crippen LogP contribution < -0.4 is 5.32 Å². The molecule has 25 heavy (non-hydrogen) atoms. The minimum Gasteiger partial charge on any atom is -0.506 e. The molecule has 0 bridgehead atoms. The smallest absolute Gasteiger partial charge is 0.335 e. The molecule has 0 unspecified atom stereocenters. The number of carboxylic acid groups (broad SMARTS) is 1. The average Bonchev–Trinajstić information content (AvgIpc) is 2.91. The highest BCUT2D eigenvalue weighted by Gasteiger charge is 2.24. The van der Waals surface area contributed by atoms with E-state index in [0.29, 0.717) is 21.3 Å². The third-order valence-corrected chi connectivity index (χ3v) is 4.37. The molecule has 0 spiro atoms. The van der Waals surface area contributed by atoms with Crippen molar-refractivity contribution in [2.24, 2.45) is 4.99 Å². The minimum absolute atomic E-state index is 0.0367. The average molecular weight is 354 g/mol. The summed E-state index contributed by atoms with van der Waals surface area (Å²) >= 11 is 1.16. The molecule has 0 saturated carbocycles. The Hall–Kier alpha value is -3.06. The Morgan fingerprint density at radius 3 is 2.60 bits per heavy atom. The number of carboxylic acids is 1. The maximum absolute atomic E-state index is 12.1. The Morgan fingerprint density at radius 2 is 1.92 bits per heavy atom. The van der Waals surface area contributed by atoms with E-state index in [0.717, 1.165) is 17.3 Å². The summed E-state index contributed by atoms with van der Waals surface area (Å²) in [6.07, 6.45) is 1.66. The van der Waals surface area contributed by atoms with Crippen LogP contribution in [-0.4, -0.2) is 27.3 Å². The van der Waals surface area contributed by atoms with E-state index in [2.05, 4.69) is 10.3 Å². The first-order valence-electron chi connectivity index (χ1n) is 7.35. The number of amides is 1. The Balaban J connectivity index is 1.83. The van der Waals surface area contributed by atoms with Crippen LogP contribution in [-0.2, 0) is 4.79 Å². The van der Waals surface area contributed by atoms with Gasteiger partial charge >= 0.3 is 5.97 Å². The first kappa shape index (κ1) is 16.8. The Kier molecular flexibility index (Phi) is 4.58. The summed E-state index contributed by atoms with van der Waals surface area (Å²) in [6.45, 7) is 1.88. The lowest BCUT2D eigenvalue weighted by Gasteiger charge is -2.01. The van der Waals surface area contributed by atoms with Crippen molar-refractivity contribution >= 4 is 40.6 Å². The molecule has 3 rings (SSSR count). The summed E-state index contributed by atoms with van der Waals surface area (Å²) in [5, 5.41) is 21.8. The lowest BCUT2D eigenvalue weighted by Crippen LogP contribution is -2.19. The van der Waals surface area contributed by atoms with Gasteiger partial charge in [0.1, 0.15) is 11.4 Å². The van der Waals surface area contributed by atoms with Gasteiger partial charge in [-0.3, -0.25) is 4.79 Å². The number of aliphatic imine (C=N–C) groups is 1. The van der Waals surface area contributed by atoms with Gasteiger partial charge in [0.2, 0.25) is 0 Å². The molecule has 3 N–H and O–H groups in total. The van der Waals surface area contributed by atoms with Crippen molar-refractivity contribution in [2.75, 3.05) is 0 Å². The van der Waals surface area contributed by atoms with Gasteiger partial charge in [0.25, 0.3) is 5.91 Å². The molecule has 6 nitrogen and oxygen atoms in total. The molecule has 1 amide bonds. The SMILES string of the molecule is Cc1ccc(O)c(N=C2NC(=O)/C(=C/c3ccc(C(=O)O)cc3)S2)c1. The lowest BCUT2D eigenvalue weighted by atomic mass is 10.1. The molecule has 1 heterocycles. The number of nitrogens with one attached hydrogen (secondary N) is 1. The zero-order valence-electron chi connectivity index (χ0n) is 13.2. The topological polar surface area (TPSA) is 99.0 Å². The maximum Gasteiger partial charge on any atom is 0.335 e. The number of amidine groups is 1. The standard InChI is InChI=1S/C18H14N2O4S/c1-10-2-7-14(21)13(8-10)19-18-20-16(22)15(25-18)9-11-3-5-12(6-4-11)17(23)24/h2-9,21H,1H3,(H,23,24)(H,19,20,22)/b15-9-. The van der Waals surface area contributed by atoms with E-state index in [1.807, 2.05) is 6.92 Å². The Labute approximate surface area is 147 Å². The first-order valence-corrected chi connectivity index (χ1v) is 8.16. The molecule has 2 aromatic carbocycles. The number of aromatic carboxylic acids is 1. The number of aryl methyl sites for hydroxylation is 1. The fourth-order valence-corrected chi connectivity index (χ4v) is 3.02. The molecule has 0 atom stereocenters. The van der Waals surface area contributed by atoms with Gasteiger partial charge in [0, 0.05) is 0 Å². The number of aromatic hydroxyl groups is 1. The monoisotopic (exact) mass is 354 g/mol. The molecular formula is C18H14N2O4S. The number of nitrogens with zero attached hydrogens (tertiary/aromatic N) is 1. The van der Waals surface area contributed by atoms with Crippen LogP contribution in [0.4, 0.5) is 5.69 Å². The van der Waals surface area contributed by atoms with Gasteiger partial charge in [-0.2, -0.15) is 0 Å². The molecule has 2 aromatic rings. The van der Waals surface area contributed by atoms with Gasteiger partial charge < -0.3 is 15.5 Å². The van der Waals surface area contributed by atoms with Gasteiger partial charge in [-0.25, -0.2) is 9.79 Å². The van der Waals surface area contributed by atoms with Crippen molar-refractivity contribution in [1.29, 1.82) is 0 Å². The number of phenolic OH excluding ortho intramolecular Hbond substituents is 1. The number of hydrogen-bond donors (Lipinski definition) is 3. The highest BCUT2D eigenvalue weighted by molar-refractivity contribution is 8.18. The summed E-state index contributed by atoms with van der Waals surface area (Å²) < 4.78 is 0. The molecule has 0 aliphatic carbocycles. The molecule has 1 fully saturated rings. The van der Waals surface area contributed by atoms with Crippen LogP contribution in [0.25, 0.3) is 6.08 Å². The van der Waals surface area contributed by atoms with Crippen molar-refractivity contribution in [3.8, 4) is 5.75 Å². The van der Waals surface area contributed by atoms with Crippen molar-refractivity contribution < 1.29 is 19.8 Å². The molecule has 0 radical (unpaired) electrons. The molecular weight excluding hydrogens is 340 g/mol. The van der Waals surface area contributed by atoms with Crippen LogP contribution >= 0.6 is 11.8 Å². The summed E-state index contributed by atoms with van der Waals surface area (Å²) in [4.78, 5) is 27.6. The largest absolute Gasteiger partial charge is 0.506 e. The van der Waals surface area contributed by atoms with Crippen LogP contribution in [0.5, 0.6) is 5.75 Å². The zero-order valence-corrected chi connectivity index (χ0v) is 14.0. The number of carbonyl (C=O) groups excluding carboxylic acids is 1. The van der Waals surface area contributed by atoms with Crippen LogP contribution in [0.1, 0.15) is 21.5 Å². The predicted octanol–water partition coefficient (Wildman–Crippen LogP) is 3.29. The van der Waals surface area contributed by atoms with Gasteiger partial charge in [0.15, 0.2) is 5.17 Å². The van der Waals surface area contributed by atoms with Crippen molar-refractivity contribution in [3.63, 3.8) is 0 Å². The van der Waals surface area contributed by atoms with Gasteiger partial charge in [-0.15, -0.1) is 0 Å². The summed E-state index contributed by atoms with van der Waals surface area (Å²) in [6, 6.07) is 11.3. The first-order chi connectivity index (χ1) is 11.9. The van der Waals surface area contributed by atoms with E-state index in [1.165, 1.54) is 12.1 Å². The van der Waals surface area contributed by atoms with E-state index in [1.54, 1.807) is 36.4 Å². The normalized spacial score (nSPS) is 17.1. The highest BCUT2D eigenvalue weighted by Crippen LogP contribution is 2.32. The quantitative estimate of drug-likeness (QED) is 0.735. The molecule has 1 aliphatic heterocycles. The molecule has 1 saturated heterocycles. The lowest BCUT2D eigenvalue weighted by molar-refractivity contribution is -0.115. The van der Waals surface area contributed by atoms with Crippen molar-refractivity contribution in [1.82, 2.24) is 5.32 Å². The number of carbonyl (C=O) groups is 2. The van der Waals surface area contributed by atoms with Crippen LogP contribution in [0.3, 0.4) is 0 Å². The summed E-state index contributed by atoms with van der Waals surface area (Å²) in [7, 11) is 0. The second-order valence-corrected chi connectivity index (χ2v) is 6.43. The van der Waals surface area contributed by atoms with E-state index >= 15 is 0 Å². The fraction of sp³-hybridized carbons (Fsp3) is 0.0556. The van der Waals surface area contributed by atoms with Crippen LogP contribution in [0.15, 0.2) is 52.4 Å². The van der Waals surface area contributed by atoms with Gasteiger partial charge in [-0.1, -0.05) is 18.2 Å². The summed E-state index contributed by atoms with van der Waals surface area (Å²) in [5.41, 5.74) is 2.22. The highest BCUT2D eigenvalue weighted by atomic mass is 32.2.